The first-order chi connectivity index (χ1) is 8.74. The summed E-state index contributed by atoms with van der Waals surface area (Å²) in [6.07, 6.45) is 0. The van der Waals surface area contributed by atoms with Crippen molar-refractivity contribution in [3.05, 3.63) is 53.1 Å². The fourth-order valence-corrected chi connectivity index (χ4v) is 2.82. The van der Waals surface area contributed by atoms with Gasteiger partial charge in [0.05, 0.1) is 18.6 Å². The van der Waals surface area contributed by atoms with Crippen LogP contribution in [0.25, 0.3) is 0 Å². The Morgan fingerprint density at radius 1 is 1.22 bits per heavy atom. The smallest absolute Gasteiger partial charge is 0.132 e. The Kier molecular flexibility index (Phi) is 4.53. The summed E-state index contributed by atoms with van der Waals surface area (Å²) >= 11 is 7.65. The molecule has 0 fully saturated rings. The van der Waals surface area contributed by atoms with Crippen molar-refractivity contribution in [2.75, 3.05) is 7.11 Å². The number of aliphatic hydroxyl groups excluding tert-OH is 1. The van der Waals surface area contributed by atoms with E-state index in [9.17, 15) is 0 Å². The summed E-state index contributed by atoms with van der Waals surface area (Å²) in [6, 6.07) is 13.4. The molecule has 2 aromatic rings. The molecule has 4 heteroatoms. The molecule has 1 N–H and O–H groups in total. The van der Waals surface area contributed by atoms with Crippen molar-refractivity contribution >= 4 is 23.4 Å². The maximum Gasteiger partial charge on any atom is 0.132 e. The molecule has 0 aliphatic heterocycles. The number of para-hydroxylation sites is 1. The zero-order chi connectivity index (χ0) is 13.0. The lowest BCUT2D eigenvalue weighted by molar-refractivity contribution is 0.282. The first-order valence-electron chi connectivity index (χ1n) is 5.44. The summed E-state index contributed by atoms with van der Waals surface area (Å²) in [5, 5.41) is 9.65. The molecule has 0 radical (unpaired) electrons. The van der Waals surface area contributed by atoms with E-state index in [1.165, 1.54) is 0 Å². The molecule has 2 rings (SSSR count). The molecule has 0 aliphatic carbocycles. The highest BCUT2D eigenvalue weighted by molar-refractivity contribution is 7.99. The van der Waals surface area contributed by atoms with Crippen LogP contribution >= 0.6 is 23.4 Å². The van der Waals surface area contributed by atoms with Crippen molar-refractivity contribution < 1.29 is 9.84 Å². The third-order valence-electron chi connectivity index (χ3n) is 2.49. The predicted molar refractivity (Wildman–Crippen MR) is 74.5 cm³/mol. The molecule has 0 bridgehead atoms. The summed E-state index contributed by atoms with van der Waals surface area (Å²) < 4.78 is 5.30. The Morgan fingerprint density at radius 2 is 2.00 bits per heavy atom. The lowest BCUT2D eigenvalue weighted by Crippen LogP contribution is -1.87. The Hall–Kier alpha value is -1.16. The minimum atomic E-state index is -0.0432. The number of halogens is 1. The lowest BCUT2D eigenvalue weighted by atomic mass is 10.2. The van der Waals surface area contributed by atoms with Crippen LogP contribution in [-0.2, 0) is 6.61 Å². The number of ether oxygens (including phenoxy) is 1. The highest BCUT2D eigenvalue weighted by atomic mass is 35.5. The molecule has 0 aromatic heterocycles. The summed E-state index contributed by atoms with van der Waals surface area (Å²) in [7, 11) is 1.65. The fourth-order valence-electron chi connectivity index (χ4n) is 1.55. The summed E-state index contributed by atoms with van der Waals surface area (Å²) in [4.78, 5) is 2.05. The van der Waals surface area contributed by atoms with E-state index in [-0.39, 0.29) is 6.61 Å². The van der Waals surface area contributed by atoms with Gasteiger partial charge in [0.15, 0.2) is 0 Å². The van der Waals surface area contributed by atoms with Gasteiger partial charge in [-0.1, -0.05) is 41.6 Å². The third kappa shape index (κ3) is 2.99. The quantitative estimate of drug-likeness (QED) is 0.918. The molecule has 94 valence electrons. The maximum atomic E-state index is 9.07. The molecule has 0 atom stereocenters. The van der Waals surface area contributed by atoms with Gasteiger partial charge in [-0.3, -0.25) is 0 Å². The molecule has 0 unspecified atom stereocenters. The number of rotatable bonds is 4. The number of aliphatic hydroxyl groups is 1. The van der Waals surface area contributed by atoms with Gasteiger partial charge in [0.2, 0.25) is 0 Å². The van der Waals surface area contributed by atoms with E-state index < -0.39 is 0 Å². The van der Waals surface area contributed by atoms with E-state index in [4.69, 9.17) is 21.4 Å². The molecular formula is C14H13ClO2S. The molecule has 18 heavy (non-hydrogen) atoms. The average Bonchev–Trinajstić information content (AvgIpc) is 2.39. The first kappa shape index (κ1) is 13.3. The zero-order valence-electron chi connectivity index (χ0n) is 9.89. The van der Waals surface area contributed by atoms with E-state index in [1.54, 1.807) is 18.9 Å². The Labute approximate surface area is 116 Å². The van der Waals surface area contributed by atoms with Gasteiger partial charge in [0.25, 0.3) is 0 Å². The van der Waals surface area contributed by atoms with Gasteiger partial charge in [-0.15, -0.1) is 0 Å². The maximum absolute atomic E-state index is 9.07. The Morgan fingerprint density at radius 3 is 2.67 bits per heavy atom. The molecule has 0 saturated heterocycles. The number of hydrogen-bond acceptors (Lipinski definition) is 3. The molecule has 0 spiro atoms. The molecule has 0 heterocycles. The van der Waals surface area contributed by atoms with Crippen molar-refractivity contribution in [2.24, 2.45) is 0 Å². The van der Waals surface area contributed by atoms with Gasteiger partial charge in [-0.05, 0) is 29.8 Å². The van der Waals surface area contributed by atoms with Gasteiger partial charge in [-0.25, -0.2) is 0 Å². The second-order valence-corrected chi connectivity index (χ2v) is 5.19. The monoisotopic (exact) mass is 280 g/mol. The third-order valence-corrected chi connectivity index (χ3v) is 3.89. The zero-order valence-corrected chi connectivity index (χ0v) is 11.5. The number of methoxy groups -OCH3 is 1. The van der Waals surface area contributed by atoms with Crippen LogP contribution in [0.2, 0.25) is 5.02 Å². The Balaban J connectivity index is 2.26. The van der Waals surface area contributed by atoms with Crippen LogP contribution in [0, 0.1) is 0 Å². The second-order valence-electron chi connectivity index (χ2n) is 3.66. The van der Waals surface area contributed by atoms with E-state index >= 15 is 0 Å². The molecular weight excluding hydrogens is 268 g/mol. The first-order valence-corrected chi connectivity index (χ1v) is 6.64. The number of hydrogen-bond donors (Lipinski definition) is 1. The van der Waals surface area contributed by atoms with E-state index in [0.29, 0.717) is 5.02 Å². The normalized spacial score (nSPS) is 10.4. The topological polar surface area (TPSA) is 29.5 Å². The molecule has 0 aliphatic rings. The molecule has 2 nitrogen and oxygen atoms in total. The van der Waals surface area contributed by atoms with Gasteiger partial charge in [0, 0.05) is 9.92 Å². The van der Waals surface area contributed by atoms with Crippen LogP contribution in [-0.4, -0.2) is 12.2 Å². The minimum absolute atomic E-state index is 0.0432. The van der Waals surface area contributed by atoms with Crippen LogP contribution in [0.1, 0.15) is 5.56 Å². The van der Waals surface area contributed by atoms with Gasteiger partial charge < -0.3 is 9.84 Å². The van der Waals surface area contributed by atoms with Gasteiger partial charge in [-0.2, -0.15) is 0 Å². The van der Waals surface area contributed by atoms with E-state index in [2.05, 4.69) is 0 Å². The van der Waals surface area contributed by atoms with Gasteiger partial charge >= 0.3 is 0 Å². The van der Waals surface area contributed by atoms with Crippen molar-refractivity contribution in [2.45, 2.75) is 16.4 Å². The van der Waals surface area contributed by atoms with Crippen LogP contribution in [0.5, 0.6) is 5.75 Å². The van der Waals surface area contributed by atoms with Crippen molar-refractivity contribution in [3.8, 4) is 5.75 Å². The van der Waals surface area contributed by atoms with Gasteiger partial charge in [0.1, 0.15) is 5.75 Å². The molecule has 2 aromatic carbocycles. The summed E-state index contributed by atoms with van der Waals surface area (Å²) in [5.41, 5.74) is 0.737. The highest BCUT2D eigenvalue weighted by Crippen LogP contribution is 2.36. The average molecular weight is 281 g/mol. The minimum Gasteiger partial charge on any atom is -0.496 e. The van der Waals surface area contributed by atoms with E-state index in [0.717, 1.165) is 21.1 Å². The summed E-state index contributed by atoms with van der Waals surface area (Å²) in [6.45, 7) is -0.0432. The lowest BCUT2D eigenvalue weighted by Gasteiger charge is -2.08. The van der Waals surface area contributed by atoms with Crippen LogP contribution in [0.15, 0.2) is 52.3 Å². The van der Waals surface area contributed by atoms with Crippen LogP contribution in [0.3, 0.4) is 0 Å². The fraction of sp³-hybridized carbons (Fsp3) is 0.143. The standard InChI is InChI=1S/C14H13ClO2S/c1-17-13-4-2-3-5-14(13)18-11-7-6-10(9-16)12(15)8-11/h2-8,16H,9H2,1H3. The molecule has 0 amide bonds. The van der Waals surface area contributed by atoms with Crippen molar-refractivity contribution in [1.29, 1.82) is 0 Å². The van der Waals surface area contributed by atoms with Crippen molar-refractivity contribution in [1.82, 2.24) is 0 Å². The second kappa shape index (κ2) is 6.14. The number of benzene rings is 2. The SMILES string of the molecule is COc1ccccc1Sc1ccc(CO)c(Cl)c1. The van der Waals surface area contributed by atoms with Crippen molar-refractivity contribution in [3.63, 3.8) is 0 Å². The molecule has 0 saturated carbocycles. The largest absolute Gasteiger partial charge is 0.496 e. The van der Waals surface area contributed by atoms with Crippen LogP contribution in [0.4, 0.5) is 0 Å². The highest BCUT2D eigenvalue weighted by Gasteiger charge is 2.06. The predicted octanol–water partition coefficient (Wildman–Crippen LogP) is 3.99. The summed E-state index contributed by atoms with van der Waals surface area (Å²) in [5.74, 6) is 0.838. The van der Waals surface area contributed by atoms with Crippen LogP contribution < -0.4 is 4.74 Å². The van der Waals surface area contributed by atoms with E-state index in [1.807, 2.05) is 42.5 Å². The Bertz CT molecular complexity index is 543.